The molecule has 7 rings (SSSR count). The number of piperazine rings is 1. The lowest BCUT2D eigenvalue weighted by Gasteiger charge is -2.53. The van der Waals surface area contributed by atoms with Crippen molar-refractivity contribution in [3.05, 3.63) is 147 Å². The van der Waals surface area contributed by atoms with Gasteiger partial charge >= 0.3 is 0 Å². The minimum absolute atomic E-state index is 0.570. The molecule has 8 nitrogen and oxygen atoms in total. The van der Waals surface area contributed by atoms with Gasteiger partial charge in [0.05, 0.1) is 0 Å². The van der Waals surface area contributed by atoms with Crippen LogP contribution in [0.1, 0.15) is 0 Å². The van der Waals surface area contributed by atoms with Gasteiger partial charge in [-0.05, 0) is 72.8 Å². The van der Waals surface area contributed by atoms with Gasteiger partial charge in [0.25, 0.3) is 11.8 Å². The Morgan fingerprint density at radius 2 is 0.421 bits per heavy atom. The van der Waals surface area contributed by atoms with Crippen molar-refractivity contribution in [1.82, 2.24) is 37.2 Å². The Morgan fingerprint density at radius 3 is 0.579 bits per heavy atom. The van der Waals surface area contributed by atoms with Crippen molar-refractivity contribution in [2.45, 2.75) is 11.8 Å². The van der Waals surface area contributed by atoms with Gasteiger partial charge < -0.3 is 27.4 Å². The molecule has 0 radical (unpaired) electrons. The first-order valence-electron chi connectivity index (χ1n) is 13.2. The van der Waals surface area contributed by atoms with Crippen LogP contribution in [0.3, 0.4) is 0 Å². The lowest BCUT2D eigenvalue weighted by atomic mass is 10.2. The van der Waals surface area contributed by atoms with Crippen LogP contribution in [0.2, 0.25) is 0 Å². The summed E-state index contributed by atoms with van der Waals surface area (Å²) in [7, 11) is 0. The van der Waals surface area contributed by atoms with E-state index < -0.39 is 11.8 Å². The Labute approximate surface area is 222 Å². The minimum Gasteiger partial charge on any atom is -0.300 e. The van der Waals surface area contributed by atoms with E-state index in [-0.39, 0.29) is 0 Å². The van der Waals surface area contributed by atoms with Crippen LogP contribution in [-0.2, 0) is 11.8 Å². The molecule has 1 aliphatic heterocycles. The molecule has 0 amide bonds. The summed E-state index contributed by atoms with van der Waals surface area (Å²) in [5.41, 5.74) is 0. The van der Waals surface area contributed by atoms with Crippen LogP contribution in [0.4, 0.5) is 0 Å². The van der Waals surface area contributed by atoms with E-state index in [4.69, 9.17) is 0 Å². The standard InChI is InChI=1S/C30H32N8/c1-2-14-31(13-1)29(32-15-3-4-16-32,33-17-5-6-18-33)37-25-27-38(28-26-37)30(34-19-7-8-20-34,35-21-9-10-22-35)36-23-11-12-24-36/h1-24H,25-28H2. The SMILES string of the molecule is c1ccn(C(N2CCN(C(n3cccc3)(n3cccc3)n3cccc3)CC2)(n2cccc2)n2cccc2)c1. The van der Waals surface area contributed by atoms with Crippen molar-refractivity contribution in [3.63, 3.8) is 0 Å². The fourth-order valence-corrected chi connectivity index (χ4v) is 6.29. The molecule has 38 heavy (non-hydrogen) atoms. The van der Waals surface area contributed by atoms with Gasteiger partial charge in [0.2, 0.25) is 0 Å². The Kier molecular flexibility index (Phi) is 5.49. The summed E-state index contributed by atoms with van der Waals surface area (Å²) >= 11 is 0. The van der Waals surface area contributed by atoms with E-state index in [1.54, 1.807) is 0 Å². The third-order valence-corrected chi connectivity index (χ3v) is 7.83. The maximum atomic E-state index is 2.58. The van der Waals surface area contributed by atoms with Crippen LogP contribution in [0.25, 0.3) is 0 Å². The molecule has 0 atom stereocenters. The fourth-order valence-electron chi connectivity index (χ4n) is 6.29. The molecule has 7 heterocycles. The average molecular weight is 505 g/mol. The first-order valence-corrected chi connectivity index (χ1v) is 13.2. The van der Waals surface area contributed by atoms with Gasteiger partial charge in [0, 0.05) is 101 Å². The summed E-state index contributed by atoms with van der Waals surface area (Å²) in [6.45, 7) is 3.44. The first-order chi connectivity index (χ1) is 18.8. The third-order valence-electron chi connectivity index (χ3n) is 7.83. The number of nitrogens with zero attached hydrogens (tertiary/aromatic N) is 8. The molecule has 192 valence electrons. The van der Waals surface area contributed by atoms with E-state index in [0.717, 1.165) is 26.2 Å². The third kappa shape index (κ3) is 3.24. The summed E-state index contributed by atoms with van der Waals surface area (Å²) in [6.07, 6.45) is 26.0. The molecule has 0 N–H and O–H groups in total. The summed E-state index contributed by atoms with van der Waals surface area (Å²) in [6, 6.07) is 25.3. The Morgan fingerprint density at radius 1 is 0.263 bits per heavy atom. The van der Waals surface area contributed by atoms with Crippen LogP contribution in [0, 0.1) is 0 Å². The zero-order valence-corrected chi connectivity index (χ0v) is 21.3. The van der Waals surface area contributed by atoms with Crippen molar-refractivity contribution in [1.29, 1.82) is 0 Å². The summed E-state index contributed by atoms with van der Waals surface area (Å²) in [4.78, 5) is 5.16. The molecule has 6 aromatic rings. The number of aromatic nitrogens is 6. The van der Waals surface area contributed by atoms with Crippen molar-refractivity contribution in [3.8, 4) is 0 Å². The van der Waals surface area contributed by atoms with Crippen molar-refractivity contribution in [2.24, 2.45) is 0 Å². The lowest BCUT2D eigenvalue weighted by molar-refractivity contribution is -0.116. The zero-order chi connectivity index (χ0) is 25.4. The highest BCUT2D eigenvalue weighted by Crippen LogP contribution is 2.33. The largest absolute Gasteiger partial charge is 0.300 e. The fraction of sp³-hybridized carbons (Fsp3) is 0.200. The smallest absolute Gasteiger partial charge is 0.266 e. The van der Waals surface area contributed by atoms with Crippen molar-refractivity contribution in [2.75, 3.05) is 26.2 Å². The van der Waals surface area contributed by atoms with Gasteiger partial charge in [-0.15, -0.1) is 0 Å². The lowest BCUT2D eigenvalue weighted by Crippen LogP contribution is -2.69. The predicted octanol–water partition coefficient (Wildman–Crippen LogP) is 4.14. The molecule has 0 saturated carbocycles. The van der Waals surface area contributed by atoms with Gasteiger partial charge in [-0.1, -0.05) is 0 Å². The molecule has 1 aliphatic rings. The van der Waals surface area contributed by atoms with E-state index in [9.17, 15) is 0 Å². The van der Waals surface area contributed by atoms with Gasteiger partial charge in [0.15, 0.2) is 0 Å². The molecular formula is C30H32N8. The highest BCUT2D eigenvalue weighted by molar-refractivity contribution is 5.12. The van der Waals surface area contributed by atoms with E-state index in [2.05, 4.69) is 184 Å². The van der Waals surface area contributed by atoms with Crippen molar-refractivity contribution >= 4 is 0 Å². The van der Waals surface area contributed by atoms with Crippen molar-refractivity contribution < 1.29 is 0 Å². The predicted molar refractivity (Wildman–Crippen MR) is 147 cm³/mol. The van der Waals surface area contributed by atoms with Gasteiger partial charge in [-0.2, -0.15) is 0 Å². The summed E-state index contributed by atoms with van der Waals surface area (Å²) in [5.74, 6) is -1.14. The topological polar surface area (TPSA) is 36.1 Å². The maximum absolute atomic E-state index is 2.58. The molecule has 0 aliphatic carbocycles. The van der Waals surface area contributed by atoms with E-state index in [0.29, 0.717) is 0 Å². The molecule has 0 unspecified atom stereocenters. The highest BCUT2D eigenvalue weighted by atomic mass is 15.6. The maximum Gasteiger partial charge on any atom is 0.266 e. The average Bonchev–Trinajstić information content (AvgIpc) is 3.82. The second-order valence-electron chi connectivity index (χ2n) is 9.72. The molecule has 0 aromatic carbocycles. The molecular weight excluding hydrogens is 472 g/mol. The zero-order valence-electron chi connectivity index (χ0n) is 21.3. The van der Waals surface area contributed by atoms with Gasteiger partial charge in [0.1, 0.15) is 0 Å². The van der Waals surface area contributed by atoms with Crippen LogP contribution >= 0.6 is 0 Å². The Bertz CT molecular complexity index is 1210. The van der Waals surface area contributed by atoms with Gasteiger partial charge in [-0.25, -0.2) is 9.80 Å². The van der Waals surface area contributed by atoms with Crippen LogP contribution < -0.4 is 0 Å². The molecule has 0 spiro atoms. The second-order valence-corrected chi connectivity index (χ2v) is 9.72. The summed E-state index contributed by atoms with van der Waals surface area (Å²) < 4.78 is 13.8. The van der Waals surface area contributed by atoms with Crippen LogP contribution in [0.5, 0.6) is 0 Å². The Balaban J connectivity index is 1.33. The number of rotatable bonds is 8. The summed E-state index contributed by atoms with van der Waals surface area (Å²) in [5, 5.41) is 0. The highest BCUT2D eigenvalue weighted by Gasteiger charge is 2.48. The second kappa shape index (κ2) is 9.16. The molecule has 1 saturated heterocycles. The van der Waals surface area contributed by atoms with Crippen LogP contribution in [0.15, 0.2) is 147 Å². The molecule has 6 aromatic heterocycles. The normalized spacial score (nSPS) is 15.8. The van der Waals surface area contributed by atoms with E-state index in [1.165, 1.54) is 0 Å². The van der Waals surface area contributed by atoms with E-state index in [1.807, 2.05) is 0 Å². The monoisotopic (exact) mass is 504 g/mol. The van der Waals surface area contributed by atoms with Gasteiger partial charge in [-0.3, -0.25) is 0 Å². The van der Waals surface area contributed by atoms with E-state index >= 15 is 0 Å². The molecule has 8 heteroatoms. The first kappa shape index (κ1) is 22.8. The quantitative estimate of drug-likeness (QED) is 0.312. The Hall–Kier alpha value is -4.40. The number of hydrogen-bond acceptors (Lipinski definition) is 2. The number of hydrogen-bond donors (Lipinski definition) is 0. The van der Waals surface area contributed by atoms with Crippen LogP contribution in [-0.4, -0.2) is 63.4 Å². The minimum atomic E-state index is -0.570. The molecule has 1 fully saturated rings. The molecule has 0 bridgehead atoms.